The maximum absolute atomic E-state index is 11.4. The predicted octanol–water partition coefficient (Wildman–Crippen LogP) is 3.59. The molecule has 1 aromatic heterocycles. The Labute approximate surface area is 168 Å². The fourth-order valence-corrected chi connectivity index (χ4v) is 2.67. The molecule has 0 spiro atoms. The molecular weight excluding hydrogens is 436 g/mol. The van der Waals surface area contributed by atoms with E-state index >= 15 is 0 Å². The summed E-state index contributed by atoms with van der Waals surface area (Å²) in [5.41, 5.74) is -0.180. The lowest BCUT2D eigenvalue weighted by Crippen LogP contribution is -2.07. The molecule has 10 heteroatoms. The number of benzene rings is 1. The van der Waals surface area contributed by atoms with Crippen LogP contribution in [-0.4, -0.2) is 42.5 Å². The highest BCUT2D eigenvalue weighted by Crippen LogP contribution is 2.32. The Kier molecular flexibility index (Phi) is 7.88. The number of nitro groups is 1. The standard InChI is InChI=1S/C18H17BrN2O7/c1-26-18(23)14-5-4-6-17(20-14)28-8-3-2-7-27-16-10-15(21(24)25)12(11-22)9-13(16)19/h4-6,9-11H,2-3,7-8H2,1H3. The van der Waals surface area contributed by atoms with Crippen LogP contribution in [0, 0.1) is 10.1 Å². The van der Waals surface area contributed by atoms with Gasteiger partial charge in [0.15, 0.2) is 12.0 Å². The highest BCUT2D eigenvalue weighted by atomic mass is 79.9. The van der Waals surface area contributed by atoms with Crippen LogP contribution in [-0.2, 0) is 4.74 Å². The third-order valence-corrected chi connectivity index (χ3v) is 4.19. The number of ether oxygens (including phenoxy) is 3. The Balaban J connectivity index is 1.81. The van der Waals surface area contributed by atoms with Gasteiger partial charge >= 0.3 is 5.97 Å². The summed E-state index contributed by atoms with van der Waals surface area (Å²) >= 11 is 3.23. The third-order valence-electron chi connectivity index (χ3n) is 3.57. The lowest BCUT2D eigenvalue weighted by atomic mass is 10.2. The number of carbonyl (C=O) groups is 2. The number of methoxy groups -OCH3 is 1. The smallest absolute Gasteiger partial charge is 0.356 e. The SMILES string of the molecule is COC(=O)c1cccc(OCCCCOc2cc([N+](=O)[O-])c(C=O)cc2Br)n1. The minimum Gasteiger partial charge on any atom is -0.492 e. The normalized spacial score (nSPS) is 10.2. The van der Waals surface area contributed by atoms with E-state index in [1.165, 1.54) is 25.3 Å². The van der Waals surface area contributed by atoms with Gasteiger partial charge in [-0.25, -0.2) is 9.78 Å². The van der Waals surface area contributed by atoms with Gasteiger partial charge in [0.1, 0.15) is 5.75 Å². The van der Waals surface area contributed by atoms with Crippen LogP contribution in [0.15, 0.2) is 34.8 Å². The van der Waals surface area contributed by atoms with Crippen molar-refractivity contribution in [1.29, 1.82) is 0 Å². The van der Waals surface area contributed by atoms with Gasteiger partial charge in [-0.05, 0) is 40.9 Å². The number of unbranched alkanes of at least 4 members (excludes halogenated alkanes) is 1. The Morgan fingerprint density at radius 1 is 1.25 bits per heavy atom. The van der Waals surface area contributed by atoms with Crippen LogP contribution in [0.4, 0.5) is 5.69 Å². The molecule has 0 radical (unpaired) electrons. The van der Waals surface area contributed by atoms with E-state index in [-0.39, 0.29) is 22.7 Å². The summed E-state index contributed by atoms with van der Waals surface area (Å²) in [5.74, 6) is 0.0522. The average molecular weight is 453 g/mol. The molecule has 0 bridgehead atoms. The van der Waals surface area contributed by atoms with Crippen LogP contribution in [0.25, 0.3) is 0 Å². The summed E-state index contributed by atoms with van der Waals surface area (Å²) in [4.78, 5) is 36.7. The van der Waals surface area contributed by atoms with E-state index in [9.17, 15) is 19.7 Å². The van der Waals surface area contributed by atoms with E-state index in [4.69, 9.17) is 9.47 Å². The molecule has 0 N–H and O–H groups in total. The molecule has 0 aliphatic carbocycles. The first-order valence-corrected chi connectivity index (χ1v) is 8.99. The molecule has 28 heavy (non-hydrogen) atoms. The van der Waals surface area contributed by atoms with E-state index in [1.807, 2.05) is 0 Å². The summed E-state index contributed by atoms with van der Waals surface area (Å²) in [6, 6.07) is 7.37. The average Bonchev–Trinajstić information content (AvgIpc) is 2.70. The lowest BCUT2D eigenvalue weighted by Gasteiger charge is -2.09. The molecule has 9 nitrogen and oxygen atoms in total. The van der Waals surface area contributed by atoms with Crippen molar-refractivity contribution in [3.05, 3.63) is 56.2 Å². The molecule has 0 aliphatic rings. The van der Waals surface area contributed by atoms with Gasteiger partial charge in [-0.1, -0.05) is 6.07 Å². The maximum Gasteiger partial charge on any atom is 0.356 e. The molecule has 0 saturated heterocycles. The monoisotopic (exact) mass is 452 g/mol. The molecule has 0 unspecified atom stereocenters. The Bertz CT molecular complexity index is 873. The number of pyridine rings is 1. The van der Waals surface area contributed by atoms with E-state index in [0.29, 0.717) is 42.7 Å². The molecular formula is C18H17BrN2O7. The summed E-state index contributed by atoms with van der Waals surface area (Å²) < 4.78 is 16.1. The van der Waals surface area contributed by atoms with Crippen molar-refractivity contribution < 1.29 is 28.7 Å². The molecule has 0 atom stereocenters. The molecule has 2 rings (SSSR count). The summed E-state index contributed by atoms with van der Waals surface area (Å²) in [5, 5.41) is 11.0. The zero-order valence-corrected chi connectivity index (χ0v) is 16.5. The van der Waals surface area contributed by atoms with E-state index < -0.39 is 10.9 Å². The Morgan fingerprint density at radius 3 is 2.61 bits per heavy atom. The number of carbonyl (C=O) groups excluding carboxylic acids is 2. The third kappa shape index (κ3) is 5.74. The number of hydrogen-bond acceptors (Lipinski definition) is 8. The minimum absolute atomic E-state index is 0.0284. The van der Waals surface area contributed by atoms with Gasteiger partial charge in [0.05, 0.1) is 41.3 Å². The first-order valence-electron chi connectivity index (χ1n) is 8.20. The highest BCUT2D eigenvalue weighted by molar-refractivity contribution is 9.10. The van der Waals surface area contributed by atoms with Gasteiger partial charge in [-0.3, -0.25) is 14.9 Å². The number of aromatic nitrogens is 1. The van der Waals surface area contributed by atoms with Gasteiger partial charge in [0, 0.05) is 6.07 Å². The predicted molar refractivity (Wildman–Crippen MR) is 102 cm³/mol. The highest BCUT2D eigenvalue weighted by Gasteiger charge is 2.17. The van der Waals surface area contributed by atoms with Gasteiger partial charge in [0.2, 0.25) is 5.88 Å². The largest absolute Gasteiger partial charge is 0.492 e. The second-order valence-electron chi connectivity index (χ2n) is 5.47. The maximum atomic E-state index is 11.4. The van der Waals surface area contributed by atoms with Crippen LogP contribution >= 0.6 is 15.9 Å². The summed E-state index contributed by atoms with van der Waals surface area (Å²) in [6.07, 6.45) is 1.68. The molecule has 0 aliphatic heterocycles. The Morgan fingerprint density at radius 2 is 1.96 bits per heavy atom. The van der Waals surface area contributed by atoms with Gasteiger partial charge in [-0.2, -0.15) is 0 Å². The van der Waals surface area contributed by atoms with Gasteiger partial charge in [0.25, 0.3) is 5.69 Å². The van der Waals surface area contributed by atoms with E-state index in [0.717, 1.165) is 0 Å². The number of hydrogen-bond donors (Lipinski definition) is 0. The first kappa shape index (κ1) is 21.3. The second-order valence-corrected chi connectivity index (χ2v) is 6.33. The van der Waals surface area contributed by atoms with Crippen molar-refractivity contribution in [2.24, 2.45) is 0 Å². The zero-order chi connectivity index (χ0) is 20.5. The number of aldehydes is 1. The van der Waals surface area contributed by atoms with Crippen molar-refractivity contribution in [3.63, 3.8) is 0 Å². The molecule has 1 aromatic carbocycles. The second kappa shape index (κ2) is 10.4. The van der Waals surface area contributed by atoms with E-state index in [2.05, 4.69) is 25.7 Å². The van der Waals surface area contributed by atoms with Crippen LogP contribution in [0.5, 0.6) is 11.6 Å². The topological polar surface area (TPSA) is 118 Å². The fraction of sp³-hybridized carbons (Fsp3) is 0.278. The lowest BCUT2D eigenvalue weighted by molar-refractivity contribution is -0.385. The molecule has 0 amide bonds. The number of esters is 1. The molecule has 148 valence electrons. The van der Waals surface area contributed by atoms with Crippen molar-refractivity contribution in [1.82, 2.24) is 4.98 Å². The first-order chi connectivity index (χ1) is 13.5. The zero-order valence-electron chi connectivity index (χ0n) is 14.9. The summed E-state index contributed by atoms with van der Waals surface area (Å²) in [6.45, 7) is 0.654. The minimum atomic E-state index is -0.633. The molecule has 2 aromatic rings. The molecule has 0 saturated carbocycles. The van der Waals surface area contributed by atoms with Crippen LogP contribution < -0.4 is 9.47 Å². The van der Waals surface area contributed by atoms with Gasteiger partial charge < -0.3 is 14.2 Å². The number of rotatable bonds is 10. The number of nitro benzene ring substituents is 1. The van der Waals surface area contributed by atoms with Gasteiger partial charge in [-0.15, -0.1) is 0 Å². The van der Waals surface area contributed by atoms with Crippen LogP contribution in [0.2, 0.25) is 0 Å². The summed E-state index contributed by atoms with van der Waals surface area (Å²) in [7, 11) is 1.27. The van der Waals surface area contributed by atoms with Crippen LogP contribution in [0.1, 0.15) is 33.7 Å². The van der Waals surface area contributed by atoms with Crippen molar-refractivity contribution in [2.75, 3.05) is 20.3 Å². The Hall–Kier alpha value is -3.01. The molecule has 1 heterocycles. The number of nitrogens with zero attached hydrogens (tertiary/aromatic N) is 2. The number of halogens is 1. The van der Waals surface area contributed by atoms with Crippen LogP contribution in [0.3, 0.4) is 0 Å². The van der Waals surface area contributed by atoms with Crippen molar-refractivity contribution >= 4 is 33.9 Å². The molecule has 0 fully saturated rings. The van der Waals surface area contributed by atoms with Crippen molar-refractivity contribution in [2.45, 2.75) is 12.8 Å². The van der Waals surface area contributed by atoms with Crippen molar-refractivity contribution in [3.8, 4) is 11.6 Å². The fourth-order valence-electron chi connectivity index (χ4n) is 2.20. The quantitative estimate of drug-likeness (QED) is 0.176. The van der Waals surface area contributed by atoms with E-state index in [1.54, 1.807) is 12.1 Å².